The predicted molar refractivity (Wildman–Crippen MR) is 90.5 cm³/mol. The highest BCUT2D eigenvalue weighted by molar-refractivity contribution is 5.77. The molecule has 0 aliphatic carbocycles. The Bertz CT molecular complexity index is 922. The molecule has 2 heterocycles. The second kappa shape index (κ2) is 8.06. The van der Waals surface area contributed by atoms with Crippen molar-refractivity contribution in [2.45, 2.75) is 6.54 Å². The van der Waals surface area contributed by atoms with E-state index in [4.69, 9.17) is 4.74 Å². The molecule has 0 saturated heterocycles. The molecule has 8 nitrogen and oxygen atoms in total. The van der Waals surface area contributed by atoms with Crippen molar-refractivity contribution in [1.29, 1.82) is 0 Å². The van der Waals surface area contributed by atoms with Crippen LogP contribution in [0.2, 0.25) is 0 Å². The van der Waals surface area contributed by atoms with Gasteiger partial charge < -0.3 is 10.1 Å². The van der Waals surface area contributed by atoms with Crippen molar-refractivity contribution < 1.29 is 13.9 Å². The number of carbonyl (C=O) groups is 1. The molecule has 0 aliphatic heterocycles. The highest BCUT2D eigenvalue weighted by Gasteiger charge is 2.05. The summed E-state index contributed by atoms with van der Waals surface area (Å²) in [6, 6.07) is 10.1. The number of hydrogen-bond donors (Lipinski definition) is 1. The monoisotopic (exact) mass is 357 g/mol. The van der Waals surface area contributed by atoms with Crippen LogP contribution in [-0.2, 0) is 11.3 Å². The average Bonchev–Trinajstić information content (AvgIpc) is 3.17. The van der Waals surface area contributed by atoms with Crippen LogP contribution in [0.15, 0.2) is 59.7 Å². The molecule has 1 aromatic carbocycles. The average molecular weight is 357 g/mol. The van der Waals surface area contributed by atoms with Gasteiger partial charge in [0.2, 0.25) is 0 Å². The lowest BCUT2D eigenvalue weighted by Crippen LogP contribution is -2.34. The van der Waals surface area contributed by atoms with Crippen LogP contribution < -0.4 is 15.6 Å². The van der Waals surface area contributed by atoms with E-state index in [-0.39, 0.29) is 37.0 Å². The van der Waals surface area contributed by atoms with E-state index >= 15 is 0 Å². The van der Waals surface area contributed by atoms with Crippen LogP contribution in [0.1, 0.15) is 0 Å². The Hall–Kier alpha value is -3.49. The van der Waals surface area contributed by atoms with Gasteiger partial charge in [-0.15, -0.1) is 5.10 Å². The van der Waals surface area contributed by atoms with E-state index < -0.39 is 0 Å². The van der Waals surface area contributed by atoms with Crippen molar-refractivity contribution in [2.24, 2.45) is 0 Å². The number of ether oxygens (including phenoxy) is 1. The van der Waals surface area contributed by atoms with Gasteiger partial charge in [0, 0.05) is 25.0 Å². The van der Waals surface area contributed by atoms with Gasteiger partial charge in [0.25, 0.3) is 11.5 Å². The van der Waals surface area contributed by atoms with Crippen LogP contribution in [0.4, 0.5) is 4.39 Å². The second-order valence-electron chi connectivity index (χ2n) is 5.30. The van der Waals surface area contributed by atoms with Crippen LogP contribution in [-0.4, -0.2) is 38.6 Å². The van der Waals surface area contributed by atoms with E-state index in [0.29, 0.717) is 11.6 Å². The summed E-state index contributed by atoms with van der Waals surface area (Å²) < 4.78 is 20.8. The minimum atomic E-state index is -0.378. The summed E-state index contributed by atoms with van der Waals surface area (Å²) in [4.78, 5) is 23.6. The molecule has 0 aliphatic rings. The fourth-order valence-electron chi connectivity index (χ4n) is 2.16. The first-order valence-electron chi connectivity index (χ1n) is 7.85. The summed E-state index contributed by atoms with van der Waals surface area (Å²) in [5.74, 6) is 0.162. The van der Waals surface area contributed by atoms with Gasteiger partial charge in [-0.1, -0.05) is 0 Å². The number of carbonyl (C=O) groups excluding carboxylic acids is 1. The van der Waals surface area contributed by atoms with E-state index in [9.17, 15) is 14.0 Å². The van der Waals surface area contributed by atoms with E-state index in [1.54, 1.807) is 24.5 Å². The molecule has 0 fully saturated rings. The highest BCUT2D eigenvalue weighted by atomic mass is 19.1. The van der Waals surface area contributed by atoms with Crippen molar-refractivity contribution in [3.8, 4) is 11.6 Å². The minimum Gasteiger partial charge on any atom is -0.484 e. The fraction of sp³-hybridized carbons (Fsp3) is 0.176. The quantitative estimate of drug-likeness (QED) is 0.674. The Morgan fingerprint density at radius 1 is 1.19 bits per heavy atom. The lowest BCUT2D eigenvalue weighted by molar-refractivity contribution is -0.123. The molecule has 1 amide bonds. The number of nitrogens with zero attached hydrogens (tertiary/aromatic N) is 4. The summed E-state index contributed by atoms with van der Waals surface area (Å²) >= 11 is 0. The second-order valence-corrected chi connectivity index (χ2v) is 5.30. The zero-order chi connectivity index (χ0) is 18.4. The SMILES string of the molecule is O=C(COc1ccc(F)cc1)NCCn1nc(-n2cccn2)ccc1=O. The zero-order valence-electron chi connectivity index (χ0n) is 13.7. The Balaban J connectivity index is 1.49. The van der Waals surface area contributed by atoms with Crippen LogP contribution in [0.25, 0.3) is 5.82 Å². The maximum Gasteiger partial charge on any atom is 0.266 e. The van der Waals surface area contributed by atoms with Gasteiger partial charge in [0.1, 0.15) is 11.6 Å². The predicted octanol–water partition coefficient (Wildman–Crippen LogP) is 0.763. The molecule has 0 saturated carbocycles. The molecule has 0 unspecified atom stereocenters. The number of benzene rings is 1. The summed E-state index contributed by atoms with van der Waals surface area (Å²) in [6.45, 7) is 0.207. The molecule has 26 heavy (non-hydrogen) atoms. The first-order chi connectivity index (χ1) is 12.6. The molecular formula is C17H16FN5O3. The van der Waals surface area contributed by atoms with Crippen LogP contribution in [0.5, 0.6) is 5.75 Å². The third kappa shape index (κ3) is 4.53. The van der Waals surface area contributed by atoms with Crippen molar-refractivity contribution in [1.82, 2.24) is 24.9 Å². The number of hydrogen-bond acceptors (Lipinski definition) is 5. The lowest BCUT2D eigenvalue weighted by Gasteiger charge is -2.09. The highest BCUT2D eigenvalue weighted by Crippen LogP contribution is 2.10. The van der Waals surface area contributed by atoms with Gasteiger partial charge in [0.15, 0.2) is 12.4 Å². The molecule has 0 bridgehead atoms. The topological polar surface area (TPSA) is 91.0 Å². The van der Waals surface area contributed by atoms with Crippen molar-refractivity contribution in [3.63, 3.8) is 0 Å². The number of rotatable bonds is 7. The third-order valence-electron chi connectivity index (χ3n) is 3.42. The maximum absolute atomic E-state index is 12.8. The van der Waals surface area contributed by atoms with Crippen molar-refractivity contribution >= 4 is 5.91 Å². The Kier molecular flexibility index (Phi) is 5.37. The molecule has 9 heteroatoms. The van der Waals surface area contributed by atoms with Gasteiger partial charge in [0.05, 0.1) is 6.54 Å². The third-order valence-corrected chi connectivity index (χ3v) is 3.42. The Morgan fingerprint density at radius 2 is 2.00 bits per heavy atom. The van der Waals surface area contributed by atoms with Crippen LogP contribution in [0, 0.1) is 5.82 Å². The molecule has 3 rings (SSSR count). The summed E-state index contributed by atoms with van der Waals surface area (Å²) in [5.41, 5.74) is -0.280. The number of nitrogens with one attached hydrogen (secondary N) is 1. The standard InChI is InChI=1S/C17H16FN5O3/c18-13-2-4-14(5-3-13)26-12-16(24)19-9-11-23-17(25)7-6-15(21-23)22-10-1-8-20-22/h1-8,10H,9,11-12H2,(H,19,24). The normalized spacial score (nSPS) is 10.5. The largest absolute Gasteiger partial charge is 0.484 e. The molecule has 0 spiro atoms. The van der Waals surface area contributed by atoms with E-state index in [1.165, 1.54) is 39.7 Å². The fourth-order valence-corrected chi connectivity index (χ4v) is 2.16. The molecule has 0 radical (unpaired) electrons. The zero-order valence-corrected chi connectivity index (χ0v) is 13.7. The molecule has 1 N–H and O–H groups in total. The maximum atomic E-state index is 12.8. The summed E-state index contributed by atoms with van der Waals surface area (Å²) in [5, 5.41) is 10.9. The summed E-state index contributed by atoms with van der Waals surface area (Å²) in [7, 11) is 0. The van der Waals surface area contributed by atoms with E-state index in [2.05, 4.69) is 15.5 Å². The minimum absolute atomic E-state index is 0.205. The van der Waals surface area contributed by atoms with E-state index in [1.807, 2.05) is 0 Å². The van der Waals surface area contributed by atoms with Crippen molar-refractivity contribution in [2.75, 3.05) is 13.2 Å². The smallest absolute Gasteiger partial charge is 0.266 e. The van der Waals surface area contributed by atoms with Crippen molar-refractivity contribution in [3.05, 3.63) is 71.0 Å². The van der Waals surface area contributed by atoms with E-state index in [0.717, 1.165) is 0 Å². The molecule has 2 aromatic heterocycles. The van der Waals surface area contributed by atoms with Gasteiger partial charge in [-0.2, -0.15) is 5.10 Å². The summed E-state index contributed by atoms with van der Waals surface area (Å²) in [6.07, 6.45) is 3.32. The van der Waals surface area contributed by atoms with Crippen LogP contribution in [0.3, 0.4) is 0 Å². The number of amides is 1. The van der Waals surface area contributed by atoms with Gasteiger partial charge in [-0.25, -0.2) is 13.8 Å². The number of aromatic nitrogens is 4. The van der Waals surface area contributed by atoms with Gasteiger partial charge >= 0.3 is 0 Å². The lowest BCUT2D eigenvalue weighted by atomic mass is 10.3. The van der Waals surface area contributed by atoms with Gasteiger partial charge in [-0.3, -0.25) is 9.59 Å². The molecule has 3 aromatic rings. The Morgan fingerprint density at radius 3 is 2.73 bits per heavy atom. The van der Waals surface area contributed by atoms with Crippen LogP contribution >= 0.6 is 0 Å². The number of halogens is 1. The van der Waals surface area contributed by atoms with Gasteiger partial charge in [-0.05, 0) is 36.4 Å². The molecule has 134 valence electrons. The molecule has 0 atom stereocenters. The first kappa shape index (κ1) is 17.3. The Labute approximate surface area is 147 Å². The molecular weight excluding hydrogens is 341 g/mol. The first-order valence-corrected chi connectivity index (χ1v) is 7.85.